The molecular formula is C25H22N2O4S. The van der Waals surface area contributed by atoms with Gasteiger partial charge in [-0.1, -0.05) is 54.6 Å². The number of amides is 2. The van der Waals surface area contributed by atoms with Crippen molar-refractivity contribution in [1.29, 1.82) is 0 Å². The lowest BCUT2D eigenvalue weighted by Gasteiger charge is -2.24. The molecule has 3 aromatic carbocycles. The van der Waals surface area contributed by atoms with Crippen LogP contribution in [0.5, 0.6) is 0 Å². The number of nitrogens with one attached hydrogen (secondary N) is 1. The first-order valence-electron chi connectivity index (χ1n) is 10.1. The lowest BCUT2D eigenvalue weighted by Crippen LogP contribution is -2.27. The summed E-state index contributed by atoms with van der Waals surface area (Å²) in [5.41, 5.74) is 3.17. The Bertz CT molecular complexity index is 1130. The molecule has 1 heterocycles. The zero-order chi connectivity index (χ0) is 22.5. The van der Waals surface area contributed by atoms with Crippen molar-refractivity contribution in [2.45, 2.75) is 11.9 Å². The summed E-state index contributed by atoms with van der Waals surface area (Å²) in [5.74, 6) is -0.309. The summed E-state index contributed by atoms with van der Waals surface area (Å²) in [6, 6.07) is 23.8. The average Bonchev–Trinajstić information content (AvgIpc) is 3.19. The molecule has 1 fully saturated rings. The fourth-order valence-corrected chi connectivity index (χ4v) is 4.74. The summed E-state index contributed by atoms with van der Waals surface area (Å²) in [5, 5.41) is 2.67. The van der Waals surface area contributed by atoms with E-state index in [0.717, 1.165) is 11.1 Å². The number of ether oxygens (including phenoxy) is 1. The summed E-state index contributed by atoms with van der Waals surface area (Å²) < 4.78 is 4.77. The van der Waals surface area contributed by atoms with Crippen LogP contribution in [0.3, 0.4) is 0 Å². The molecule has 32 heavy (non-hydrogen) atoms. The van der Waals surface area contributed by atoms with Gasteiger partial charge in [0.1, 0.15) is 5.37 Å². The maximum absolute atomic E-state index is 12.7. The Balaban J connectivity index is 1.49. The van der Waals surface area contributed by atoms with Gasteiger partial charge in [0, 0.05) is 12.1 Å². The number of para-hydroxylation sites is 1. The molecule has 2 amide bonds. The molecule has 0 aliphatic carbocycles. The third-order valence-corrected chi connectivity index (χ3v) is 6.46. The molecule has 1 aliphatic rings. The molecule has 0 unspecified atom stereocenters. The molecule has 0 aromatic heterocycles. The molecule has 0 saturated carbocycles. The summed E-state index contributed by atoms with van der Waals surface area (Å²) >= 11 is 1.58. The van der Waals surface area contributed by atoms with Crippen molar-refractivity contribution in [3.8, 4) is 0 Å². The Hall–Kier alpha value is -3.58. The van der Waals surface area contributed by atoms with E-state index in [2.05, 4.69) is 5.32 Å². The van der Waals surface area contributed by atoms with Crippen molar-refractivity contribution >= 4 is 35.2 Å². The van der Waals surface area contributed by atoms with Crippen LogP contribution >= 0.6 is 11.8 Å². The van der Waals surface area contributed by atoms with Gasteiger partial charge in [0.15, 0.2) is 0 Å². The molecule has 3 aromatic rings. The van der Waals surface area contributed by atoms with Gasteiger partial charge in [-0.05, 0) is 35.4 Å². The minimum atomic E-state index is -0.516. The number of rotatable bonds is 6. The van der Waals surface area contributed by atoms with Crippen LogP contribution in [0.15, 0.2) is 78.9 Å². The van der Waals surface area contributed by atoms with E-state index in [4.69, 9.17) is 4.74 Å². The zero-order valence-electron chi connectivity index (χ0n) is 17.5. The molecule has 0 bridgehead atoms. The molecule has 7 heteroatoms. The first-order chi connectivity index (χ1) is 15.6. The minimum Gasteiger partial charge on any atom is -0.465 e. The average molecular weight is 447 g/mol. The third-order valence-electron chi connectivity index (χ3n) is 5.20. The number of methoxy groups -OCH3 is 1. The van der Waals surface area contributed by atoms with Crippen LogP contribution in [0.2, 0.25) is 0 Å². The Labute approximate surface area is 190 Å². The van der Waals surface area contributed by atoms with E-state index in [1.165, 1.54) is 7.11 Å². The van der Waals surface area contributed by atoms with Crippen LogP contribution < -0.4 is 5.32 Å². The SMILES string of the molecule is COC(=O)c1ccccc1NC(=O)c1ccc([C@@H]2SCC(=O)N2Cc2ccccc2)cc1. The first kappa shape index (κ1) is 21.6. The third kappa shape index (κ3) is 4.68. The molecular weight excluding hydrogens is 424 g/mol. The van der Waals surface area contributed by atoms with Crippen molar-refractivity contribution in [1.82, 2.24) is 4.90 Å². The van der Waals surface area contributed by atoms with Gasteiger partial charge in [0.05, 0.1) is 24.1 Å². The molecule has 6 nitrogen and oxygen atoms in total. The van der Waals surface area contributed by atoms with E-state index < -0.39 is 5.97 Å². The zero-order valence-corrected chi connectivity index (χ0v) is 18.3. The van der Waals surface area contributed by atoms with Crippen LogP contribution in [-0.4, -0.2) is 35.5 Å². The number of carbonyl (C=O) groups excluding carboxylic acids is 3. The molecule has 1 N–H and O–H groups in total. The van der Waals surface area contributed by atoms with Crippen LogP contribution in [-0.2, 0) is 16.1 Å². The highest BCUT2D eigenvalue weighted by molar-refractivity contribution is 8.00. The number of thioether (sulfide) groups is 1. The van der Waals surface area contributed by atoms with E-state index in [-0.39, 0.29) is 22.8 Å². The topological polar surface area (TPSA) is 75.7 Å². The number of anilines is 1. The van der Waals surface area contributed by atoms with Gasteiger partial charge in [-0.3, -0.25) is 9.59 Å². The number of hydrogen-bond acceptors (Lipinski definition) is 5. The van der Waals surface area contributed by atoms with Gasteiger partial charge in [-0.25, -0.2) is 4.79 Å². The van der Waals surface area contributed by atoms with E-state index in [9.17, 15) is 14.4 Å². The first-order valence-corrected chi connectivity index (χ1v) is 11.2. The highest BCUT2D eigenvalue weighted by Crippen LogP contribution is 2.39. The van der Waals surface area contributed by atoms with Crippen LogP contribution in [0, 0.1) is 0 Å². The predicted octanol–water partition coefficient (Wildman–Crippen LogP) is 4.50. The summed E-state index contributed by atoms with van der Waals surface area (Å²) in [6.45, 7) is 0.546. The van der Waals surface area contributed by atoms with Gasteiger partial charge in [-0.2, -0.15) is 0 Å². The molecule has 1 saturated heterocycles. The number of nitrogens with zero attached hydrogens (tertiary/aromatic N) is 1. The lowest BCUT2D eigenvalue weighted by molar-refractivity contribution is -0.128. The normalized spacial score (nSPS) is 15.5. The molecule has 0 spiro atoms. The van der Waals surface area contributed by atoms with Crippen molar-refractivity contribution in [2.24, 2.45) is 0 Å². The molecule has 162 valence electrons. The van der Waals surface area contributed by atoms with E-state index in [0.29, 0.717) is 23.5 Å². The molecule has 1 aliphatic heterocycles. The number of esters is 1. The molecule has 4 rings (SSSR count). The highest BCUT2D eigenvalue weighted by atomic mass is 32.2. The van der Waals surface area contributed by atoms with Crippen LogP contribution in [0.4, 0.5) is 5.69 Å². The quantitative estimate of drug-likeness (QED) is 0.565. The van der Waals surface area contributed by atoms with E-state index in [1.807, 2.05) is 47.4 Å². The fraction of sp³-hybridized carbons (Fsp3) is 0.160. The van der Waals surface area contributed by atoms with Crippen LogP contribution in [0.1, 0.15) is 37.2 Å². The second-order valence-electron chi connectivity index (χ2n) is 7.28. The second kappa shape index (κ2) is 9.70. The largest absolute Gasteiger partial charge is 0.465 e. The molecule has 0 radical (unpaired) electrons. The van der Waals surface area contributed by atoms with Crippen LogP contribution in [0.25, 0.3) is 0 Å². The Kier molecular flexibility index (Phi) is 6.56. The highest BCUT2D eigenvalue weighted by Gasteiger charge is 2.32. The second-order valence-corrected chi connectivity index (χ2v) is 8.35. The minimum absolute atomic E-state index is 0.0973. The maximum Gasteiger partial charge on any atom is 0.339 e. The Morgan fingerprint density at radius 1 is 1.00 bits per heavy atom. The monoisotopic (exact) mass is 446 g/mol. The summed E-state index contributed by atoms with van der Waals surface area (Å²) in [4.78, 5) is 39.0. The van der Waals surface area contributed by atoms with Gasteiger partial charge >= 0.3 is 5.97 Å². The smallest absolute Gasteiger partial charge is 0.339 e. The van der Waals surface area contributed by atoms with Crippen molar-refractivity contribution in [2.75, 3.05) is 18.2 Å². The summed E-state index contributed by atoms with van der Waals surface area (Å²) in [7, 11) is 1.30. The van der Waals surface area contributed by atoms with E-state index >= 15 is 0 Å². The van der Waals surface area contributed by atoms with Crippen molar-refractivity contribution in [3.63, 3.8) is 0 Å². The van der Waals surface area contributed by atoms with Gasteiger partial charge in [0.2, 0.25) is 5.91 Å². The summed E-state index contributed by atoms with van der Waals surface area (Å²) in [6.07, 6.45) is 0. The van der Waals surface area contributed by atoms with Gasteiger partial charge in [-0.15, -0.1) is 11.8 Å². The maximum atomic E-state index is 12.7. The number of carbonyl (C=O) groups is 3. The van der Waals surface area contributed by atoms with Gasteiger partial charge < -0.3 is 15.0 Å². The number of hydrogen-bond donors (Lipinski definition) is 1. The number of benzene rings is 3. The van der Waals surface area contributed by atoms with E-state index in [1.54, 1.807) is 48.2 Å². The lowest BCUT2D eigenvalue weighted by atomic mass is 10.1. The standard InChI is InChI=1S/C25H22N2O4S/c1-31-25(30)20-9-5-6-10-21(20)26-23(29)18-11-13-19(14-12-18)24-27(22(28)16-32-24)15-17-7-3-2-4-8-17/h2-14,24H,15-16H2,1H3,(H,26,29)/t24-/m0/s1. The predicted molar refractivity (Wildman–Crippen MR) is 124 cm³/mol. The van der Waals surface area contributed by atoms with Crippen molar-refractivity contribution < 1.29 is 19.1 Å². The fourth-order valence-electron chi connectivity index (χ4n) is 3.55. The Morgan fingerprint density at radius 2 is 1.69 bits per heavy atom. The Morgan fingerprint density at radius 3 is 2.41 bits per heavy atom. The van der Waals surface area contributed by atoms with Gasteiger partial charge in [0.25, 0.3) is 5.91 Å². The molecule has 1 atom stereocenters. The van der Waals surface area contributed by atoms with Crippen molar-refractivity contribution in [3.05, 3.63) is 101 Å².